The number of piperidine rings is 1. The molecule has 4 nitrogen and oxygen atoms in total. The van der Waals surface area contributed by atoms with E-state index in [9.17, 15) is 4.79 Å². The van der Waals surface area contributed by atoms with Crippen molar-refractivity contribution in [2.75, 3.05) is 20.1 Å². The van der Waals surface area contributed by atoms with E-state index in [4.69, 9.17) is 4.74 Å². The third-order valence-electron chi connectivity index (χ3n) is 4.49. The number of hydrogen-bond donors (Lipinski definition) is 1. The zero-order valence-electron chi connectivity index (χ0n) is 14.5. The Morgan fingerprint density at radius 2 is 1.88 bits per heavy atom. The van der Waals surface area contributed by atoms with Gasteiger partial charge in [0.15, 0.2) is 0 Å². The van der Waals surface area contributed by atoms with Gasteiger partial charge in [0.1, 0.15) is 12.4 Å². The monoisotopic (exact) mass is 360 g/mol. The van der Waals surface area contributed by atoms with Crippen LogP contribution in [0.25, 0.3) is 0 Å². The number of carbonyl (C=O) groups is 1. The highest BCUT2D eigenvalue weighted by Gasteiger charge is 2.24. The van der Waals surface area contributed by atoms with Crippen LogP contribution in [0, 0.1) is 0 Å². The van der Waals surface area contributed by atoms with Crippen molar-refractivity contribution in [1.82, 2.24) is 10.2 Å². The molecule has 2 aromatic rings. The lowest BCUT2D eigenvalue weighted by Crippen LogP contribution is -2.46. The zero-order valence-corrected chi connectivity index (χ0v) is 15.3. The number of halogens is 1. The van der Waals surface area contributed by atoms with Gasteiger partial charge in [-0.25, -0.2) is 0 Å². The lowest BCUT2D eigenvalue weighted by Gasteiger charge is -2.32. The van der Waals surface area contributed by atoms with Crippen molar-refractivity contribution in [3.8, 4) is 5.75 Å². The highest BCUT2D eigenvalue weighted by molar-refractivity contribution is 5.97. The van der Waals surface area contributed by atoms with Crippen molar-refractivity contribution < 1.29 is 9.53 Å². The molecule has 1 aliphatic heterocycles. The molecule has 1 saturated heterocycles. The summed E-state index contributed by atoms with van der Waals surface area (Å²) in [5.41, 5.74) is 1.71. The quantitative estimate of drug-likeness (QED) is 0.887. The van der Waals surface area contributed by atoms with E-state index >= 15 is 0 Å². The van der Waals surface area contributed by atoms with E-state index in [1.165, 1.54) is 0 Å². The fraction of sp³-hybridized carbons (Fsp3) is 0.350. The Kier molecular flexibility index (Phi) is 7.29. The summed E-state index contributed by atoms with van der Waals surface area (Å²) < 4.78 is 5.92. The first-order chi connectivity index (χ1) is 11.8. The first-order valence-electron chi connectivity index (χ1n) is 8.49. The fourth-order valence-corrected chi connectivity index (χ4v) is 3.02. The van der Waals surface area contributed by atoms with Crippen LogP contribution in [-0.2, 0) is 6.61 Å². The van der Waals surface area contributed by atoms with Crippen LogP contribution < -0.4 is 10.1 Å². The average molecular weight is 361 g/mol. The Morgan fingerprint density at radius 3 is 2.60 bits per heavy atom. The standard InChI is InChI=1S/C20H24N2O2.ClH/c1-22(17-10-7-13-21-14-17)20(23)18-11-5-6-12-19(18)24-15-16-8-3-2-4-9-16;/h2-6,8-9,11-12,17,21H,7,10,13-15H2,1H3;1H/t17-;/m1./s1. The summed E-state index contributed by atoms with van der Waals surface area (Å²) in [5, 5.41) is 3.36. The van der Waals surface area contributed by atoms with Crippen LogP contribution in [0.3, 0.4) is 0 Å². The first kappa shape index (κ1) is 19.3. The van der Waals surface area contributed by atoms with Crippen molar-refractivity contribution >= 4 is 18.3 Å². The summed E-state index contributed by atoms with van der Waals surface area (Å²) in [6, 6.07) is 17.7. The lowest BCUT2D eigenvalue weighted by atomic mass is 10.0. The topological polar surface area (TPSA) is 41.6 Å². The first-order valence-corrected chi connectivity index (χ1v) is 8.49. The maximum atomic E-state index is 12.9. The summed E-state index contributed by atoms with van der Waals surface area (Å²) in [7, 11) is 1.88. The summed E-state index contributed by atoms with van der Waals surface area (Å²) >= 11 is 0. The molecule has 0 aromatic heterocycles. The van der Waals surface area contributed by atoms with Crippen molar-refractivity contribution in [3.63, 3.8) is 0 Å². The van der Waals surface area contributed by atoms with Gasteiger partial charge in [-0.15, -0.1) is 12.4 Å². The summed E-state index contributed by atoms with van der Waals surface area (Å²) in [4.78, 5) is 14.7. The molecule has 0 radical (unpaired) electrons. The van der Waals surface area contributed by atoms with Gasteiger partial charge in [-0.1, -0.05) is 42.5 Å². The van der Waals surface area contributed by atoms with Crippen LogP contribution >= 0.6 is 12.4 Å². The molecule has 0 spiro atoms. The molecule has 0 aliphatic carbocycles. The molecule has 1 aliphatic rings. The molecule has 1 heterocycles. The number of ether oxygens (including phenoxy) is 1. The Balaban J connectivity index is 0.00000225. The van der Waals surface area contributed by atoms with Crippen molar-refractivity contribution in [1.29, 1.82) is 0 Å². The molecule has 1 amide bonds. The van der Waals surface area contributed by atoms with E-state index in [0.717, 1.165) is 31.5 Å². The van der Waals surface area contributed by atoms with Gasteiger partial charge in [-0.05, 0) is 37.1 Å². The maximum absolute atomic E-state index is 12.9. The molecule has 1 atom stereocenters. The number of nitrogens with one attached hydrogen (secondary N) is 1. The number of carbonyl (C=O) groups excluding carboxylic acids is 1. The molecule has 0 bridgehead atoms. The van der Waals surface area contributed by atoms with Crippen LogP contribution in [0.5, 0.6) is 5.75 Å². The van der Waals surface area contributed by atoms with E-state index < -0.39 is 0 Å². The second-order valence-electron chi connectivity index (χ2n) is 6.19. The Labute approximate surface area is 155 Å². The molecule has 1 N–H and O–H groups in total. The lowest BCUT2D eigenvalue weighted by molar-refractivity contribution is 0.0703. The van der Waals surface area contributed by atoms with Crippen molar-refractivity contribution in [3.05, 3.63) is 65.7 Å². The minimum Gasteiger partial charge on any atom is -0.488 e. The van der Waals surface area contributed by atoms with Gasteiger partial charge < -0.3 is 15.0 Å². The Morgan fingerprint density at radius 1 is 1.16 bits per heavy atom. The van der Waals surface area contributed by atoms with Gasteiger partial charge in [-0.2, -0.15) is 0 Å². The van der Waals surface area contributed by atoms with E-state index in [2.05, 4.69) is 5.32 Å². The third-order valence-corrected chi connectivity index (χ3v) is 4.49. The molecule has 134 valence electrons. The highest BCUT2D eigenvalue weighted by Crippen LogP contribution is 2.22. The number of hydrogen-bond acceptors (Lipinski definition) is 3. The summed E-state index contributed by atoms with van der Waals surface area (Å²) in [6.45, 7) is 2.35. The zero-order chi connectivity index (χ0) is 16.8. The minimum absolute atomic E-state index is 0. The predicted octanol–water partition coefficient (Wildman–Crippen LogP) is 3.51. The van der Waals surface area contributed by atoms with Gasteiger partial charge in [0.05, 0.1) is 5.56 Å². The minimum atomic E-state index is 0. The second kappa shape index (κ2) is 9.44. The predicted molar refractivity (Wildman–Crippen MR) is 102 cm³/mol. The molecule has 1 fully saturated rings. The number of likely N-dealkylation sites (N-methyl/N-ethyl adjacent to an activating group) is 1. The van der Waals surface area contributed by atoms with Gasteiger partial charge in [0.25, 0.3) is 5.91 Å². The van der Waals surface area contributed by atoms with Crippen LogP contribution in [0.1, 0.15) is 28.8 Å². The van der Waals surface area contributed by atoms with Crippen LogP contribution in [0.4, 0.5) is 0 Å². The van der Waals surface area contributed by atoms with E-state index in [1.807, 2.05) is 66.5 Å². The smallest absolute Gasteiger partial charge is 0.257 e. The third kappa shape index (κ3) is 4.97. The van der Waals surface area contributed by atoms with Gasteiger partial charge in [-0.3, -0.25) is 4.79 Å². The number of rotatable bonds is 5. The molecule has 0 saturated carbocycles. The molecule has 25 heavy (non-hydrogen) atoms. The van der Waals surface area contributed by atoms with E-state index in [1.54, 1.807) is 0 Å². The van der Waals surface area contributed by atoms with Crippen LogP contribution in [-0.4, -0.2) is 37.0 Å². The highest BCUT2D eigenvalue weighted by atomic mass is 35.5. The largest absolute Gasteiger partial charge is 0.488 e. The maximum Gasteiger partial charge on any atom is 0.257 e. The second-order valence-corrected chi connectivity index (χ2v) is 6.19. The van der Waals surface area contributed by atoms with E-state index in [-0.39, 0.29) is 24.4 Å². The van der Waals surface area contributed by atoms with Gasteiger partial charge in [0, 0.05) is 19.6 Å². The van der Waals surface area contributed by atoms with Crippen molar-refractivity contribution in [2.45, 2.75) is 25.5 Å². The average Bonchev–Trinajstić information content (AvgIpc) is 2.67. The molecular formula is C20H25ClN2O2. The number of amides is 1. The number of nitrogens with zero attached hydrogens (tertiary/aromatic N) is 1. The summed E-state index contributed by atoms with van der Waals surface area (Å²) in [6.07, 6.45) is 2.15. The Hall–Kier alpha value is -2.04. The summed E-state index contributed by atoms with van der Waals surface area (Å²) in [5.74, 6) is 0.661. The Bertz CT molecular complexity index is 672. The molecule has 0 unspecified atom stereocenters. The van der Waals surface area contributed by atoms with Crippen molar-refractivity contribution in [2.24, 2.45) is 0 Å². The SMILES string of the molecule is CN(C(=O)c1ccccc1OCc1ccccc1)[C@@H]1CCCNC1.Cl. The molecular weight excluding hydrogens is 336 g/mol. The fourth-order valence-electron chi connectivity index (χ4n) is 3.02. The van der Waals surface area contributed by atoms with E-state index in [0.29, 0.717) is 17.9 Å². The van der Waals surface area contributed by atoms with Gasteiger partial charge >= 0.3 is 0 Å². The van der Waals surface area contributed by atoms with Crippen LogP contribution in [0.15, 0.2) is 54.6 Å². The van der Waals surface area contributed by atoms with Crippen LogP contribution in [0.2, 0.25) is 0 Å². The normalized spacial score (nSPS) is 16.6. The molecule has 2 aromatic carbocycles. The number of para-hydroxylation sites is 1. The molecule has 3 rings (SSSR count). The molecule has 5 heteroatoms. The van der Waals surface area contributed by atoms with Gasteiger partial charge in [0.2, 0.25) is 0 Å². The number of benzene rings is 2.